The number of aliphatic hydroxyl groups is 1. The molecule has 3 N–H and O–H groups in total. The Balaban J connectivity index is 2.03. The van der Waals surface area contributed by atoms with Crippen molar-refractivity contribution >= 4 is 62.4 Å². The molecule has 3 aromatic rings. The van der Waals surface area contributed by atoms with E-state index < -0.39 is 0 Å². The fraction of sp³-hybridized carbons (Fsp3) is 0.300. The molecule has 0 amide bonds. The lowest BCUT2D eigenvalue weighted by Gasteiger charge is -2.12. The zero-order valence-electron chi connectivity index (χ0n) is 11.0. The van der Waals surface area contributed by atoms with Gasteiger partial charge in [-0.3, -0.25) is 9.78 Å². The highest BCUT2D eigenvalue weighted by molar-refractivity contribution is 7.99. The molecule has 3 rings (SSSR count). The van der Waals surface area contributed by atoms with Gasteiger partial charge in [-0.25, -0.2) is 9.97 Å². The molecular weight excluding hydrogens is 368 g/mol. The van der Waals surface area contributed by atoms with Crippen molar-refractivity contribution in [3.8, 4) is 0 Å². The van der Waals surface area contributed by atoms with E-state index >= 15 is 0 Å². The van der Waals surface area contributed by atoms with E-state index in [1.165, 1.54) is 0 Å². The average Bonchev–Trinajstić information content (AvgIpc) is 3.04. The number of nitrogens with one attached hydrogen (secondary N) is 2. The maximum Gasteiger partial charge on any atom is 0.306 e. The second-order valence-corrected chi connectivity index (χ2v) is 7.52. The molecule has 3 aromatic heterocycles. The Morgan fingerprint density at radius 2 is 2.32 bits per heavy atom. The van der Waals surface area contributed by atoms with Crippen molar-refractivity contribution in [3.63, 3.8) is 0 Å². The number of nitrogens with zero attached hydrogens (tertiary/aromatic N) is 4. The van der Waals surface area contributed by atoms with Gasteiger partial charge in [-0.1, -0.05) is 27.4 Å². The minimum absolute atomic E-state index is 0.0604. The summed E-state index contributed by atoms with van der Waals surface area (Å²) in [6.45, 7) is 1.74. The van der Waals surface area contributed by atoms with Gasteiger partial charge in [-0.2, -0.15) is 0 Å². The van der Waals surface area contributed by atoms with Crippen molar-refractivity contribution < 1.29 is 5.11 Å². The zero-order chi connectivity index (χ0) is 15.7. The number of fused-ring (bicyclic) bond motifs is 1. The van der Waals surface area contributed by atoms with Crippen LogP contribution >= 0.6 is 46.2 Å². The summed E-state index contributed by atoms with van der Waals surface area (Å²) in [5.41, 5.74) is 0.430. The monoisotopic (exact) mass is 376 g/mol. The summed E-state index contributed by atoms with van der Waals surface area (Å²) in [7, 11) is 0. The maximum absolute atomic E-state index is 11.5. The molecule has 12 heteroatoms. The van der Waals surface area contributed by atoms with Crippen LogP contribution in [-0.4, -0.2) is 42.3 Å². The fourth-order valence-corrected chi connectivity index (χ4v) is 3.75. The Labute approximate surface area is 141 Å². The molecule has 116 valence electrons. The van der Waals surface area contributed by atoms with Crippen LogP contribution in [0.15, 0.2) is 15.0 Å². The van der Waals surface area contributed by atoms with Crippen LogP contribution in [-0.2, 0) is 0 Å². The van der Waals surface area contributed by atoms with E-state index in [-0.39, 0.29) is 17.5 Å². The number of aromatic nitrogens is 5. The lowest BCUT2D eigenvalue weighted by atomic mass is 10.3. The topological polar surface area (TPSA) is 117 Å². The Kier molecular flexibility index (Phi) is 4.59. The average molecular weight is 377 g/mol. The third kappa shape index (κ3) is 3.22. The summed E-state index contributed by atoms with van der Waals surface area (Å²) in [6.07, 6.45) is 0. The molecule has 0 radical (unpaired) electrons. The van der Waals surface area contributed by atoms with Crippen LogP contribution in [0.2, 0.25) is 4.34 Å². The molecule has 0 aliphatic carbocycles. The summed E-state index contributed by atoms with van der Waals surface area (Å²) in [6, 6.07) is -0.210. The van der Waals surface area contributed by atoms with E-state index in [2.05, 4.69) is 29.9 Å². The first-order valence-electron chi connectivity index (χ1n) is 6.00. The van der Waals surface area contributed by atoms with Crippen LogP contribution in [0.3, 0.4) is 0 Å². The summed E-state index contributed by atoms with van der Waals surface area (Å²) < 4.78 is 4.81. The quantitative estimate of drug-likeness (QED) is 0.577. The number of H-pyrrole nitrogens is 1. The van der Waals surface area contributed by atoms with Gasteiger partial charge in [0.05, 0.1) is 6.61 Å². The summed E-state index contributed by atoms with van der Waals surface area (Å²) >= 11 is 9.21. The summed E-state index contributed by atoms with van der Waals surface area (Å²) in [5, 5.41) is 17.0. The number of aliphatic hydroxyl groups excluding tert-OH is 1. The third-order valence-electron chi connectivity index (χ3n) is 2.53. The predicted molar refractivity (Wildman–Crippen MR) is 87.2 cm³/mol. The highest BCUT2D eigenvalue weighted by atomic mass is 35.5. The first kappa shape index (κ1) is 15.6. The molecular formula is C10H9ClN6O2S3. The van der Waals surface area contributed by atoms with Crippen molar-refractivity contribution in [1.29, 1.82) is 0 Å². The zero-order valence-corrected chi connectivity index (χ0v) is 14.2. The van der Waals surface area contributed by atoms with E-state index in [9.17, 15) is 9.90 Å². The second-order valence-electron chi connectivity index (χ2n) is 4.23. The summed E-state index contributed by atoms with van der Waals surface area (Å²) in [5.74, 6) is 0.483. The van der Waals surface area contributed by atoms with E-state index in [4.69, 9.17) is 11.6 Å². The Morgan fingerprint density at radius 1 is 1.50 bits per heavy atom. The molecule has 0 fully saturated rings. The molecule has 0 spiro atoms. The number of rotatable bonds is 5. The molecule has 0 aromatic carbocycles. The van der Waals surface area contributed by atoms with Gasteiger partial charge < -0.3 is 10.4 Å². The van der Waals surface area contributed by atoms with Crippen molar-refractivity contribution in [2.75, 3.05) is 11.9 Å². The van der Waals surface area contributed by atoms with Gasteiger partial charge >= 0.3 is 4.87 Å². The summed E-state index contributed by atoms with van der Waals surface area (Å²) in [4.78, 5) is 22.6. The first-order chi connectivity index (χ1) is 10.6. The van der Waals surface area contributed by atoms with Gasteiger partial charge in [0, 0.05) is 17.6 Å². The highest BCUT2D eigenvalue weighted by Gasteiger charge is 2.16. The van der Waals surface area contributed by atoms with Crippen LogP contribution in [0.25, 0.3) is 10.3 Å². The Hall–Kier alpha value is -1.27. The van der Waals surface area contributed by atoms with Gasteiger partial charge in [0.15, 0.2) is 21.6 Å². The van der Waals surface area contributed by atoms with Gasteiger partial charge in [-0.15, -0.1) is 5.10 Å². The molecule has 0 saturated carbocycles. The largest absolute Gasteiger partial charge is 0.394 e. The van der Waals surface area contributed by atoms with Crippen LogP contribution in [0.1, 0.15) is 6.92 Å². The number of hydrogen-bond donors (Lipinski definition) is 3. The van der Waals surface area contributed by atoms with Crippen LogP contribution < -0.4 is 10.2 Å². The number of anilines is 1. The molecule has 0 bridgehead atoms. The van der Waals surface area contributed by atoms with Crippen molar-refractivity contribution in [1.82, 2.24) is 24.5 Å². The van der Waals surface area contributed by atoms with Crippen molar-refractivity contribution in [2.24, 2.45) is 0 Å². The minimum Gasteiger partial charge on any atom is -0.394 e. The van der Waals surface area contributed by atoms with Crippen LogP contribution in [0, 0.1) is 0 Å². The molecule has 0 aliphatic rings. The molecule has 1 atom stereocenters. The van der Waals surface area contributed by atoms with E-state index in [1.807, 2.05) is 0 Å². The third-order valence-corrected chi connectivity index (χ3v) is 5.39. The fourth-order valence-electron chi connectivity index (χ4n) is 1.57. The van der Waals surface area contributed by atoms with Crippen LogP contribution in [0.5, 0.6) is 0 Å². The molecule has 1 unspecified atom stereocenters. The SMILES string of the molecule is CC(CO)Nc1nc(Sc2nnsc2Cl)nc2[nH]c(=O)sc12. The van der Waals surface area contributed by atoms with E-state index in [0.717, 1.165) is 34.6 Å². The smallest absolute Gasteiger partial charge is 0.306 e. The normalized spacial score (nSPS) is 12.7. The molecule has 0 aliphatic heterocycles. The number of hydrogen-bond acceptors (Lipinski definition) is 10. The number of aromatic amines is 1. The van der Waals surface area contributed by atoms with Gasteiger partial charge in [0.25, 0.3) is 0 Å². The molecule has 3 heterocycles. The highest BCUT2D eigenvalue weighted by Crippen LogP contribution is 2.33. The Bertz CT molecular complexity index is 862. The molecule has 8 nitrogen and oxygen atoms in total. The molecule has 0 saturated heterocycles. The second kappa shape index (κ2) is 6.46. The number of thiazole rings is 1. The molecule has 22 heavy (non-hydrogen) atoms. The number of halogens is 1. The van der Waals surface area contributed by atoms with Gasteiger partial charge in [-0.05, 0) is 18.7 Å². The van der Waals surface area contributed by atoms with Gasteiger partial charge in [0.2, 0.25) is 0 Å². The van der Waals surface area contributed by atoms with Gasteiger partial charge in [0.1, 0.15) is 9.04 Å². The lowest BCUT2D eigenvalue weighted by molar-refractivity contribution is 0.281. The van der Waals surface area contributed by atoms with Crippen LogP contribution in [0.4, 0.5) is 5.82 Å². The van der Waals surface area contributed by atoms with E-state index in [0.29, 0.717) is 30.7 Å². The standard InChI is InChI=1S/C10H9ClN6O2S3/c1-3(2-18)12-6-4-7(15-10(19)20-4)14-9(13-6)21-8-5(11)22-17-16-8/h3,18H,2H2,1H3,(H2,12,13,14,15,19). The van der Waals surface area contributed by atoms with Crippen molar-refractivity contribution in [2.45, 2.75) is 23.1 Å². The Morgan fingerprint density at radius 3 is 3.00 bits per heavy atom. The van der Waals surface area contributed by atoms with Crippen molar-refractivity contribution in [3.05, 3.63) is 14.0 Å². The minimum atomic E-state index is -0.223. The maximum atomic E-state index is 11.5. The lowest BCUT2D eigenvalue weighted by Crippen LogP contribution is -2.20. The first-order valence-corrected chi connectivity index (χ1v) is 8.79. The van der Waals surface area contributed by atoms with E-state index in [1.54, 1.807) is 6.92 Å². The predicted octanol–water partition coefficient (Wildman–Crippen LogP) is 1.83.